The van der Waals surface area contributed by atoms with E-state index in [2.05, 4.69) is 0 Å². The molecule has 0 bridgehead atoms. The monoisotopic (exact) mass is 297 g/mol. The molecule has 0 radical (unpaired) electrons. The summed E-state index contributed by atoms with van der Waals surface area (Å²) in [6.45, 7) is -0.104. The number of carbonyl (C=O) groups excluding carboxylic acids is 1. The molecule has 0 unspecified atom stereocenters. The highest BCUT2D eigenvalue weighted by Crippen LogP contribution is 2.24. The number of rotatable bonds is 4. The minimum atomic E-state index is -0.474. The molecule has 5 heteroatoms. The molecule has 0 N–H and O–H groups in total. The predicted octanol–water partition coefficient (Wildman–Crippen LogP) is 3.44. The average Bonchev–Trinajstić information content (AvgIpc) is 3.00. The third kappa shape index (κ3) is 2.83. The highest BCUT2D eigenvalue weighted by atomic mass is 16.6. The van der Waals surface area contributed by atoms with Crippen LogP contribution in [0.25, 0.3) is 0 Å². The average molecular weight is 297 g/mol. The maximum absolute atomic E-state index is 12.1. The number of nitro groups is 1. The summed E-state index contributed by atoms with van der Waals surface area (Å²) in [7, 11) is 0. The second kappa shape index (κ2) is 5.97. The van der Waals surface area contributed by atoms with Crippen molar-refractivity contribution in [3.05, 3.63) is 74.8 Å². The van der Waals surface area contributed by atoms with E-state index in [-0.39, 0.29) is 12.3 Å². The molecule has 1 aliphatic carbocycles. The summed E-state index contributed by atoms with van der Waals surface area (Å²) in [6, 6.07) is 11.8. The van der Waals surface area contributed by atoms with Crippen LogP contribution in [0, 0.1) is 10.1 Å². The Morgan fingerprint density at radius 2 is 1.91 bits per heavy atom. The van der Waals surface area contributed by atoms with E-state index >= 15 is 0 Å². The summed E-state index contributed by atoms with van der Waals surface area (Å²) in [6.07, 6.45) is 3.16. The maximum atomic E-state index is 12.1. The van der Waals surface area contributed by atoms with Gasteiger partial charge in [0, 0.05) is 6.07 Å². The Balaban J connectivity index is 1.72. The van der Waals surface area contributed by atoms with Crippen LogP contribution in [0.5, 0.6) is 0 Å². The van der Waals surface area contributed by atoms with Crippen LogP contribution >= 0.6 is 0 Å². The van der Waals surface area contributed by atoms with Gasteiger partial charge in [0.1, 0.15) is 6.61 Å². The van der Waals surface area contributed by atoms with E-state index in [1.165, 1.54) is 17.2 Å². The molecule has 0 spiro atoms. The van der Waals surface area contributed by atoms with Crippen molar-refractivity contribution in [3.63, 3.8) is 0 Å². The van der Waals surface area contributed by atoms with Crippen LogP contribution in [0.4, 0.5) is 5.69 Å². The van der Waals surface area contributed by atoms with Gasteiger partial charge >= 0.3 is 5.97 Å². The molecule has 22 heavy (non-hydrogen) atoms. The van der Waals surface area contributed by atoms with Gasteiger partial charge in [0.2, 0.25) is 0 Å². The van der Waals surface area contributed by atoms with Gasteiger partial charge in [-0.05, 0) is 48.6 Å². The normalized spacial score (nSPS) is 12.7. The van der Waals surface area contributed by atoms with Crippen LogP contribution in [-0.2, 0) is 24.2 Å². The van der Waals surface area contributed by atoms with Crippen LogP contribution in [0.3, 0.4) is 0 Å². The third-order valence-electron chi connectivity index (χ3n) is 3.88. The number of carbonyl (C=O) groups is 1. The Morgan fingerprint density at radius 3 is 2.73 bits per heavy atom. The lowest BCUT2D eigenvalue weighted by atomic mass is 10.1. The van der Waals surface area contributed by atoms with E-state index in [0.717, 1.165) is 19.3 Å². The van der Waals surface area contributed by atoms with Crippen molar-refractivity contribution in [2.45, 2.75) is 25.9 Å². The molecule has 0 saturated carbocycles. The smallest absolute Gasteiger partial charge is 0.338 e. The summed E-state index contributed by atoms with van der Waals surface area (Å²) in [5.74, 6) is -0.451. The Morgan fingerprint density at radius 1 is 1.14 bits per heavy atom. The van der Waals surface area contributed by atoms with E-state index in [1.807, 2.05) is 12.1 Å². The Kier molecular flexibility index (Phi) is 3.87. The van der Waals surface area contributed by atoms with Gasteiger partial charge in [-0.25, -0.2) is 4.79 Å². The molecule has 0 atom stereocenters. The van der Waals surface area contributed by atoms with Crippen LogP contribution < -0.4 is 0 Å². The van der Waals surface area contributed by atoms with Crippen molar-refractivity contribution in [1.82, 2.24) is 0 Å². The lowest BCUT2D eigenvalue weighted by molar-refractivity contribution is -0.385. The van der Waals surface area contributed by atoms with Crippen molar-refractivity contribution < 1.29 is 14.5 Å². The first-order valence-electron chi connectivity index (χ1n) is 7.16. The Labute approximate surface area is 127 Å². The molecule has 2 aromatic carbocycles. The topological polar surface area (TPSA) is 69.4 Å². The lowest BCUT2D eigenvalue weighted by Crippen LogP contribution is -2.07. The van der Waals surface area contributed by atoms with E-state index < -0.39 is 10.9 Å². The van der Waals surface area contributed by atoms with E-state index in [1.54, 1.807) is 24.3 Å². The van der Waals surface area contributed by atoms with Crippen molar-refractivity contribution in [2.75, 3.05) is 0 Å². The summed E-state index contributed by atoms with van der Waals surface area (Å²) in [5, 5.41) is 10.9. The van der Waals surface area contributed by atoms with Crippen molar-refractivity contribution in [3.8, 4) is 0 Å². The molecule has 0 aliphatic heterocycles. The number of para-hydroxylation sites is 1. The van der Waals surface area contributed by atoms with Crippen LogP contribution in [0.15, 0.2) is 42.5 Å². The van der Waals surface area contributed by atoms with Crippen LogP contribution in [0.1, 0.15) is 33.5 Å². The molecule has 5 nitrogen and oxygen atoms in total. The number of fused-ring (bicyclic) bond motifs is 1. The SMILES string of the molecule is O=C(OCc1ccccc1[N+](=O)[O-])c1ccc2c(c1)CCC2. The molecule has 3 rings (SSSR count). The van der Waals surface area contributed by atoms with Gasteiger partial charge in [-0.1, -0.05) is 18.2 Å². The third-order valence-corrected chi connectivity index (χ3v) is 3.88. The molecule has 0 fully saturated rings. The van der Waals surface area contributed by atoms with Crippen LogP contribution in [-0.4, -0.2) is 10.9 Å². The first-order valence-corrected chi connectivity index (χ1v) is 7.16. The number of aryl methyl sites for hydroxylation is 2. The highest BCUT2D eigenvalue weighted by molar-refractivity contribution is 5.89. The standard InChI is InChI=1S/C17H15NO4/c19-17(14-9-8-12-5-3-6-13(12)10-14)22-11-15-4-1-2-7-16(15)18(20)21/h1-2,4,7-10H,3,5-6,11H2. The first-order chi connectivity index (χ1) is 10.6. The van der Waals surface area contributed by atoms with Gasteiger partial charge in [0.25, 0.3) is 5.69 Å². The van der Waals surface area contributed by atoms with Gasteiger partial charge in [0.15, 0.2) is 0 Å². The fourth-order valence-electron chi connectivity index (χ4n) is 2.74. The minimum Gasteiger partial charge on any atom is -0.457 e. The van der Waals surface area contributed by atoms with Crippen molar-refractivity contribution in [1.29, 1.82) is 0 Å². The summed E-state index contributed by atoms with van der Waals surface area (Å²) in [4.78, 5) is 22.6. The zero-order chi connectivity index (χ0) is 15.5. The number of ether oxygens (including phenoxy) is 1. The molecule has 0 saturated heterocycles. The molecule has 0 amide bonds. The van der Waals surface area contributed by atoms with Crippen molar-refractivity contribution >= 4 is 11.7 Å². The zero-order valence-electron chi connectivity index (χ0n) is 12.0. The second-order valence-corrected chi connectivity index (χ2v) is 5.30. The molecular weight excluding hydrogens is 282 g/mol. The van der Waals surface area contributed by atoms with Gasteiger partial charge < -0.3 is 4.74 Å². The van der Waals surface area contributed by atoms with Crippen LogP contribution in [0.2, 0.25) is 0 Å². The van der Waals surface area contributed by atoms with E-state index in [4.69, 9.17) is 4.74 Å². The van der Waals surface area contributed by atoms with Gasteiger partial charge in [-0.15, -0.1) is 0 Å². The molecular formula is C17H15NO4. The molecule has 112 valence electrons. The maximum Gasteiger partial charge on any atom is 0.338 e. The highest BCUT2D eigenvalue weighted by Gasteiger charge is 2.17. The van der Waals surface area contributed by atoms with Gasteiger partial charge in [0.05, 0.1) is 16.1 Å². The molecule has 1 aliphatic rings. The largest absolute Gasteiger partial charge is 0.457 e. The number of hydrogen-bond donors (Lipinski definition) is 0. The number of benzene rings is 2. The first kappa shape index (κ1) is 14.3. The molecule has 0 aromatic heterocycles. The van der Waals surface area contributed by atoms with Gasteiger partial charge in [-0.3, -0.25) is 10.1 Å². The fourth-order valence-corrected chi connectivity index (χ4v) is 2.74. The lowest BCUT2D eigenvalue weighted by Gasteiger charge is -2.07. The second-order valence-electron chi connectivity index (χ2n) is 5.30. The number of hydrogen-bond acceptors (Lipinski definition) is 4. The summed E-state index contributed by atoms with van der Waals surface area (Å²) in [5.41, 5.74) is 3.33. The zero-order valence-corrected chi connectivity index (χ0v) is 12.0. The van der Waals surface area contributed by atoms with E-state index in [0.29, 0.717) is 11.1 Å². The minimum absolute atomic E-state index is 0.0377. The van der Waals surface area contributed by atoms with Crippen molar-refractivity contribution in [2.24, 2.45) is 0 Å². The number of nitrogens with zero attached hydrogens (tertiary/aromatic N) is 1. The Bertz CT molecular complexity index is 739. The predicted molar refractivity (Wildman–Crippen MR) is 80.7 cm³/mol. The Hall–Kier alpha value is -2.69. The summed E-state index contributed by atoms with van der Waals surface area (Å²) < 4.78 is 5.22. The fraction of sp³-hybridized carbons (Fsp3) is 0.235. The quantitative estimate of drug-likeness (QED) is 0.492. The molecule has 0 heterocycles. The summed E-state index contributed by atoms with van der Waals surface area (Å²) >= 11 is 0. The number of esters is 1. The van der Waals surface area contributed by atoms with Gasteiger partial charge in [-0.2, -0.15) is 0 Å². The number of nitro benzene ring substituents is 1. The van der Waals surface area contributed by atoms with E-state index in [9.17, 15) is 14.9 Å². The molecule has 2 aromatic rings.